The molecule has 0 aliphatic rings. The van der Waals surface area contributed by atoms with Gasteiger partial charge in [-0.2, -0.15) is 5.10 Å². The summed E-state index contributed by atoms with van der Waals surface area (Å²) in [6.07, 6.45) is 1.68. The fourth-order valence-electron chi connectivity index (χ4n) is 3.16. The molecule has 0 fully saturated rings. The fraction of sp³-hybridized carbons (Fsp3) is 0.143. The van der Waals surface area contributed by atoms with Crippen LogP contribution in [0.2, 0.25) is 5.15 Å². The number of aromatic amines is 1. The second-order valence-electron chi connectivity index (χ2n) is 6.42. The minimum atomic E-state index is -0.222. The van der Waals surface area contributed by atoms with Crippen LogP contribution < -0.4 is 5.32 Å². The number of nitrogens with one attached hydrogen (secondary N) is 2. The number of anilines is 1. The minimum absolute atomic E-state index is 0.0256. The van der Waals surface area contributed by atoms with E-state index in [4.69, 9.17) is 11.6 Å². The topological polar surface area (TPSA) is 73.8 Å². The second kappa shape index (κ2) is 7.39. The van der Waals surface area contributed by atoms with Crippen molar-refractivity contribution < 1.29 is 5.11 Å². The average molecular weight is 379 g/mol. The van der Waals surface area contributed by atoms with Gasteiger partial charge in [0.25, 0.3) is 0 Å². The van der Waals surface area contributed by atoms with Gasteiger partial charge in [0.05, 0.1) is 35.7 Å². The van der Waals surface area contributed by atoms with Crippen molar-refractivity contribution in [2.75, 3.05) is 11.9 Å². The Kier molecular flexibility index (Phi) is 4.79. The number of aromatic nitrogens is 3. The van der Waals surface area contributed by atoms with Crippen molar-refractivity contribution in [1.82, 2.24) is 15.2 Å². The van der Waals surface area contributed by atoms with Gasteiger partial charge in [-0.25, -0.2) is 4.98 Å². The van der Waals surface area contributed by atoms with Crippen LogP contribution in [0.5, 0.6) is 0 Å². The molecule has 3 N–H and O–H groups in total. The quantitative estimate of drug-likeness (QED) is 0.439. The SMILES string of the molecule is Cc1n[nH]c2ccc(-c3cc(NC(CO)c4ccccc4)cnc3Cl)cc12. The number of nitrogens with zero attached hydrogens (tertiary/aromatic N) is 2. The zero-order valence-electron chi connectivity index (χ0n) is 14.8. The average Bonchev–Trinajstić information content (AvgIpc) is 3.08. The van der Waals surface area contributed by atoms with Crippen molar-refractivity contribution >= 4 is 28.2 Å². The lowest BCUT2D eigenvalue weighted by molar-refractivity contribution is 0.276. The van der Waals surface area contributed by atoms with Crippen LogP contribution in [-0.4, -0.2) is 26.9 Å². The molecule has 27 heavy (non-hydrogen) atoms. The highest BCUT2D eigenvalue weighted by Crippen LogP contribution is 2.32. The smallest absolute Gasteiger partial charge is 0.136 e. The predicted octanol–water partition coefficient (Wildman–Crippen LogP) is 4.73. The molecule has 136 valence electrons. The first-order valence-electron chi connectivity index (χ1n) is 8.68. The van der Waals surface area contributed by atoms with Gasteiger partial charge in [-0.05, 0) is 36.2 Å². The van der Waals surface area contributed by atoms with Crippen LogP contribution in [0.25, 0.3) is 22.0 Å². The van der Waals surface area contributed by atoms with E-state index in [0.29, 0.717) is 5.15 Å². The molecule has 0 saturated heterocycles. The zero-order chi connectivity index (χ0) is 18.8. The molecule has 0 bridgehead atoms. The van der Waals surface area contributed by atoms with E-state index in [-0.39, 0.29) is 12.6 Å². The molecule has 2 aromatic carbocycles. The van der Waals surface area contributed by atoms with E-state index in [2.05, 4.69) is 26.6 Å². The van der Waals surface area contributed by atoms with Crippen LogP contribution in [0, 0.1) is 6.92 Å². The number of hydrogen-bond donors (Lipinski definition) is 3. The van der Waals surface area contributed by atoms with Crippen molar-refractivity contribution in [2.45, 2.75) is 13.0 Å². The molecule has 1 unspecified atom stereocenters. The third kappa shape index (κ3) is 3.52. The Balaban J connectivity index is 1.69. The number of pyridine rings is 1. The number of aryl methyl sites for hydroxylation is 1. The third-order valence-corrected chi connectivity index (χ3v) is 4.93. The van der Waals surface area contributed by atoms with E-state index < -0.39 is 0 Å². The Bertz CT molecular complexity index is 1080. The summed E-state index contributed by atoms with van der Waals surface area (Å²) in [7, 11) is 0. The van der Waals surface area contributed by atoms with E-state index in [1.54, 1.807) is 6.20 Å². The molecule has 0 aliphatic heterocycles. The number of H-pyrrole nitrogens is 1. The molecule has 0 spiro atoms. The molecule has 4 rings (SSSR count). The van der Waals surface area contributed by atoms with Crippen molar-refractivity contribution in [1.29, 1.82) is 0 Å². The standard InChI is InChI=1S/C21H19ClN4O/c1-13-17-9-15(7-8-19(17)26-25-13)18-10-16(11-23-21(18)22)24-20(12-27)14-5-3-2-4-6-14/h2-11,20,24,27H,12H2,1H3,(H,25,26). The number of halogens is 1. The monoisotopic (exact) mass is 378 g/mol. The summed E-state index contributed by atoms with van der Waals surface area (Å²) in [5, 5.41) is 21.9. The number of rotatable bonds is 5. The van der Waals surface area contributed by atoms with E-state index in [1.807, 2.05) is 55.5 Å². The van der Waals surface area contributed by atoms with Crippen LogP contribution in [0.4, 0.5) is 5.69 Å². The molecule has 5 nitrogen and oxygen atoms in total. The summed E-state index contributed by atoms with van der Waals surface area (Å²) < 4.78 is 0. The molecule has 2 heterocycles. The van der Waals surface area contributed by atoms with Crippen molar-refractivity contribution in [3.05, 3.63) is 77.2 Å². The van der Waals surface area contributed by atoms with Crippen molar-refractivity contribution in [3.63, 3.8) is 0 Å². The van der Waals surface area contributed by atoms with Gasteiger partial charge in [0.15, 0.2) is 0 Å². The summed E-state index contributed by atoms with van der Waals surface area (Å²) in [4.78, 5) is 4.32. The molecular weight excluding hydrogens is 360 g/mol. The maximum Gasteiger partial charge on any atom is 0.136 e. The highest BCUT2D eigenvalue weighted by Gasteiger charge is 2.13. The minimum Gasteiger partial charge on any atom is -0.394 e. The van der Waals surface area contributed by atoms with E-state index in [1.165, 1.54) is 0 Å². The van der Waals surface area contributed by atoms with Crippen LogP contribution in [0.15, 0.2) is 60.8 Å². The molecule has 0 saturated carbocycles. The van der Waals surface area contributed by atoms with Crippen LogP contribution in [-0.2, 0) is 0 Å². The number of aliphatic hydroxyl groups is 1. The van der Waals surface area contributed by atoms with Gasteiger partial charge in [-0.3, -0.25) is 5.10 Å². The summed E-state index contributed by atoms with van der Waals surface area (Å²) in [6, 6.07) is 17.6. The van der Waals surface area contributed by atoms with Crippen LogP contribution in [0.3, 0.4) is 0 Å². The molecule has 2 aromatic heterocycles. The molecule has 6 heteroatoms. The summed E-state index contributed by atoms with van der Waals surface area (Å²) in [6.45, 7) is 1.94. The summed E-state index contributed by atoms with van der Waals surface area (Å²) >= 11 is 6.37. The van der Waals surface area contributed by atoms with Gasteiger partial charge in [0, 0.05) is 10.9 Å². The first kappa shape index (κ1) is 17.5. The molecule has 4 aromatic rings. The highest BCUT2D eigenvalue weighted by molar-refractivity contribution is 6.32. The Hall–Kier alpha value is -2.89. The first-order chi connectivity index (χ1) is 13.2. The third-order valence-electron chi connectivity index (χ3n) is 4.63. The van der Waals surface area contributed by atoms with Gasteiger partial charge >= 0.3 is 0 Å². The Morgan fingerprint density at radius 1 is 1.15 bits per heavy atom. The van der Waals surface area contributed by atoms with Crippen molar-refractivity contribution in [3.8, 4) is 11.1 Å². The second-order valence-corrected chi connectivity index (χ2v) is 6.78. The van der Waals surface area contributed by atoms with Gasteiger partial charge in [-0.15, -0.1) is 0 Å². The lowest BCUT2D eigenvalue weighted by Crippen LogP contribution is -2.14. The van der Waals surface area contributed by atoms with Gasteiger partial charge in [0.1, 0.15) is 5.15 Å². The maximum absolute atomic E-state index is 9.79. The summed E-state index contributed by atoms with van der Waals surface area (Å²) in [5.74, 6) is 0. The maximum atomic E-state index is 9.79. The normalized spacial score (nSPS) is 12.3. The number of fused-ring (bicyclic) bond motifs is 1. The fourth-order valence-corrected chi connectivity index (χ4v) is 3.38. The molecule has 0 aliphatic carbocycles. The van der Waals surface area contributed by atoms with Crippen molar-refractivity contribution in [2.24, 2.45) is 0 Å². The first-order valence-corrected chi connectivity index (χ1v) is 9.06. The molecule has 0 amide bonds. The Morgan fingerprint density at radius 3 is 2.74 bits per heavy atom. The van der Waals surface area contributed by atoms with E-state index in [0.717, 1.165) is 39.0 Å². The zero-order valence-corrected chi connectivity index (χ0v) is 15.5. The highest BCUT2D eigenvalue weighted by atomic mass is 35.5. The van der Waals surface area contributed by atoms with Crippen LogP contribution in [0.1, 0.15) is 17.3 Å². The van der Waals surface area contributed by atoms with E-state index in [9.17, 15) is 5.11 Å². The van der Waals surface area contributed by atoms with Crippen LogP contribution >= 0.6 is 11.6 Å². The predicted molar refractivity (Wildman–Crippen MR) is 109 cm³/mol. The lowest BCUT2D eigenvalue weighted by atomic mass is 10.0. The number of benzene rings is 2. The Morgan fingerprint density at radius 2 is 1.96 bits per heavy atom. The number of aliphatic hydroxyl groups excluding tert-OH is 1. The number of hydrogen-bond acceptors (Lipinski definition) is 4. The summed E-state index contributed by atoms with van der Waals surface area (Å²) in [5.41, 5.74) is 5.52. The lowest BCUT2D eigenvalue weighted by Gasteiger charge is -2.18. The van der Waals surface area contributed by atoms with E-state index >= 15 is 0 Å². The van der Waals surface area contributed by atoms with Gasteiger partial charge < -0.3 is 10.4 Å². The molecular formula is C21H19ClN4O. The van der Waals surface area contributed by atoms with Gasteiger partial charge in [0.2, 0.25) is 0 Å². The van der Waals surface area contributed by atoms with Gasteiger partial charge in [-0.1, -0.05) is 48.0 Å². The molecule has 0 radical (unpaired) electrons. The molecule has 1 atom stereocenters. The largest absolute Gasteiger partial charge is 0.394 e. The Labute approximate surface area is 162 Å².